The maximum Gasteiger partial charge on any atom is 0.225 e. The number of nitrogens with zero attached hydrogens (tertiary/aromatic N) is 3. The van der Waals surface area contributed by atoms with Crippen molar-refractivity contribution in [2.45, 2.75) is 32.4 Å². The molecule has 1 aliphatic rings. The zero-order valence-electron chi connectivity index (χ0n) is 17.9. The smallest absolute Gasteiger partial charge is 0.225 e. The molecular formula is C25H27FN4O2. The van der Waals surface area contributed by atoms with Crippen molar-refractivity contribution >= 4 is 11.8 Å². The number of carbonyl (C=O) groups excluding carboxylic acids is 2. The Morgan fingerprint density at radius 2 is 1.97 bits per heavy atom. The summed E-state index contributed by atoms with van der Waals surface area (Å²) in [4.78, 5) is 26.9. The molecule has 1 saturated heterocycles. The lowest BCUT2D eigenvalue weighted by atomic mass is 9.96. The molecule has 1 aliphatic heterocycles. The molecule has 1 unspecified atom stereocenters. The first-order valence-corrected chi connectivity index (χ1v) is 10.9. The Bertz CT molecular complexity index is 1070. The second-order valence-electron chi connectivity index (χ2n) is 8.15. The monoisotopic (exact) mass is 434 g/mol. The van der Waals surface area contributed by atoms with Crippen LogP contribution in [0.4, 0.5) is 4.39 Å². The molecule has 0 saturated carbocycles. The highest BCUT2D eigenvalue weighted by Gasteiger charge is 2.29. The van der Waals surface area contributed by atoms with Gasteiger partial charge in [0.15, 0.2) is 0 Å². The van der Waals surface area contributed by atoms with Gasteiger partial charge < -0.3 is 10.2 Å². The second kappa shape index (κ2) is 10.2. The Morgan fingerprint density at radius 3 is 2.75 bits per heavy atom. The largest absolute Gasteiger partial charge is 0.352 e. The fourth-order valence-electron chi connectivity index (χ4n) is 4.08. The number of likely N-dealkylation sites (tertiary alicyclic amines) is 1. The number of hydrogen-bond donors (Lipinski definition) is 1. The summed E-state index contributed by atoms with van der Waals surface area (Å²) in [6.07, 6.45) is 5.13. The fourth-order valence-corrected chi connectivity index (χ4v) is 4.08. The Hall–Kier alpha value is -3.48. The first-order chi connectivity index (χ1) is 15.6. The van der Waals surface area contributed by atoms with Gasteiger partial charge in [-0.3, -0.25) is 14.3 Å². The number of rotatable bonds is 8. The Morgan fingerprint density at radius 1 is 1.12 bits per heavy atom. The summed E-state index contributed by atoms with van der Waals surface area (Å²) in [5.74, 6) is -0.506. The molecule has 2 amide bonds. The highest BCUT2D eigenvalue weighted by molar-refractivity contribution is 5.83. The van der Waals surface area contributed by atoms with Gasteiger partial charge in [0, 0.05) is 38.4 Å². The number of carbonyl (C=O) groups is 2. The second-order valence-corrected chi connectivity index (χ2v) is 8.15. The average Bonchev–Trinajstić information content (AvgIpc) is 3.31. The number of aromatic nitrogens is 2. The predicted octanol–water partition coefficient (Wildman–Crippen LogP) is 3.17. The molecule has 0 aliphatic carbocycles. The molecule has 32 heavy (non-hydrogen) atoms. The van der Waals surface area contributed by atoms with E-state index in [9.17, 15) is 14.0 Å². The summed E-state index contributed by atoms with van der Waals surface area (Å²) in [5, 5.41) is 7.30. The van der Waals surface area contributed by atoms with Crippen LogP contribution in [-0.2, 0) is 29.1 Å². The SMILES string of the molecule is O=C(NCc1ccccc1Cn1cccn1)C1CCC(=O)N(CCc2cccc(F)c2)C1. The Balaban J connectivity index is 1.32. The number of benzene rings is 2. The molecule has 2 aromatic carbocycles. The quantitative estimate of drug-likeness (QED) is 0.592. The highest BCUT2D eigenvalue weighted by Crippen LogP contribution is 2.19. The van der Waals surface area contributed by atoms with E-state index in [1.54, 1.807) is 17.2 Å². The van der Waals surface area contributed by atoms with Crippen molar-refractivity contribution in [1.29, 1.82) is 0 Å². The van der Waals surface area contributed by atoms with Gasteiger partial charge in [0.1, 0.15) is 5.82 Å². The van der Waals surface area contributed by atoms with E-state index in [-0.39, 0.29) is 23.5 Å². The molecule has 1 atom stereocenters. The summed E-state index contributed by atoms with van der Waals surface area (Å²) in [6.45, 7) is 1.96. The highest BCUT2D eigenvalue weighted by atomic mass is 19.1. The molecule has 6 nitrogen and oxygen atoms in total. The minimum absolute atomic E-state index is 0.0397. The van der Waals surface area contributed by atoms with Crippen LogP contribution in [-0.4, -0.2) is 39.6 Å². The lowest BCUT2D eigenvalue weighted by molar-refractivity contribution is -0.138. The van der Waals surface area contributed by atoms with Crippen molar-refractivity contribution in [3.05, 3.63) is 89.5 Å². The van der Waals surface area contributed by atoms with Crippen LogP contribution >= 0.6 is 0 Å². The molecule has 1 N–H and O–H groups in total. The van der Waals surface area contributed by atoms with Gasteiger partial charge in [-0.1, -0.05) is 36.4 Å². The summed E-state index contributed by atoms with van der Waals surface area (Å²) in [5.41, 5.74) is 3.00. The van der Waals surface area contributed by atoms with E-state index in [1.807, 2.05) is 47.3 Å². The van der Waals surface area contributed by atoms with Crippen molar-refractivity contribution in [3.63, 3.8) is 0 Å². The Kier molecular flexibility index (Phi) is 6.94. The topological polar surface area (TPSA) is 67.2 Å². The van der Waals surface area contributed by atoms with Crippen molar-refractivity contribution in [3.8, 4) is 0 Å². The van der Waals surface area contributed by atoms with Crippen molar-refractivity contribution in [2.75, 3.05) is 13.1 Å². The van der Waals surface area contributed by atoms with Gasteiger partial charge >= 0.3 is 0 Å². The van der Waals surface area contributed by atoms with Crippen LogP contribution in [0.5, 0.6) is 0 Å². The molecule has 7 heteroatoms. The number of hydrogen-bond acceptors (Lipinski definition) is 3. The molecule has 1 aromatic heterocycles. The van der Waals surface area contributed by atoms with E-state index in [4.69, 9.17) is 0 Å². The van der Waals surface area contributed by atoms with E-state index in [2.05, 4.69) is 10.4 Å². The maximum atomic E-state index is 13.4. The van der Waals surface area contributed by atoms with Gasteiger partial charge in [0.2, 0.25) is 11.8 Å². The van der Waals surface area contributed by atoms with E-state index in [1.165, 1.54) is 12.1 Å². The summed E-state index contributed by atoms with van der Waals surface area (Å²) >= 11 is 0. The predicted molar refractivity (Wildman–Crippen MR) is 119 cm³/mol. The molecule has 2 heterocycles. The van der Waals surface area contributed by atoms with E-state index in [0.717, 1.165) is 16.7 Å². The summed E-state index contributed by atoms with van der Waals surface area (Å²) in [6, 6.07) is 16.3. The van der Waals surface area contributed by atoms with Gasteiger partial charge in [0.05, 0.1) is 12.5 Å². The number of nitrogens with one attached hydrogen (secondary N) is 1. The van der Waals surface area contributed by atoms with Crippen LogP contribution < -0.4 is 5.32 Å². The lowest BCUT2D eigenvalue weighted by Gasteiger charge is -2.32. The molecule has 1 fully saturated rings. The van der Waals surface area contributed by atoms with E-state index < -0.39 is 0 Å². The zero-order chi connectivity index (χ0) is 22.3. The van der Waals surface area contributed by atoms with Crippen LogP contribution in [0.1, 0.15) is 29.5 Å². The van der Waals surface area contributed by atoms with Crippen molar-refractivity contribution < 1.29 is 14.0 Å². The van der Waals surface area contributed by atoms with Crippen LogP contribution in [0.25, 0.3) is 0 Å². The molecule has 0 spiro atoms. The summed E-state index contributed by atoms with van der Waals surface area (Å²) in [7, 11) is 0. The lowest BCUT2D eigenvalue weighted by Crippen LogP contribution is -2.46. The molecule has 3 aromatic rings. The third kappa shape index (κ3) is 5.60. The first-order valence-electron chi connectivity index (χ1n) is 10.9. The van der Waals surface area contributed by atoms with Gasteiger partial charge in [-0.15, -0.1) is 0 Å². The van der Waals surface area contributed by atoms with Gasteiger partial charge in [-0.25, -0.2) is 4.39 Å². The van der Waals surface area contributed by atoms with Crippen molar-refractivity contribution in [1.82, 2.24) is 20.0 Å². The average molecular weight is 435 g/mol. The van der Waals surface area contributed by atoms with Gasteiger partial charge in [-0.05, 0) is 47.7 Å². The van der Waals surface area contributed by atoms with Crippen LogP contribution in [0.3, 0.4) is 0 Å². The summed E-state index contributed by atoms with van der Waals surface area (Å²) < 4.78 is 15.2. The molecule has 166 valence electrons. The van der Waals surface area contributed by atoms with Crippen LogP contribution in [0.15, 0.2) is 67.0 Å². The van der Waals surface area contributed by atoms with Crippen LogP contribution in [0.2, 0.25) is 0 Å². The van der Waals surface area contributed by atoms with Gasteiger partial charge in [-0.2, -0.15) is 5.10 Å². The van der Waals surface area contributed by atoms with E-state index >= 15 is 0 Å². The molecule has 0 bridgehead atoms. The fraction of sp³-hybridized carbons (Fsp3) is 0.320. The number of amides is 2. The Labute approximate surface area is 187 Å². The minimum Gasteiger partial charge on any atom is -0.352 e. The van der Waals surface area contributed by atoms with Crippen molar-refractivity contribution in [2.24, 2.45) is 5.92 Å². The normalized spacial score (nSPS) is 16.2. The third-order valence-electron chi connectivity index (χ3n) is 5.89. The molecular weight excluding hydrogens is 407 g/mol. The first kappa shape index (κ1) is 21.7. The zero-order valence-corrected chi connectivity index (χ0v) is 17.9. The third-order valence-corrected chi connectivity index (χ3v) is 5.89. The molecule has 4 rings (SSSR count). The molecule has 0 radical (unpaired) electrons. The standard InChI is InChI=1S/C25H27FN4O2/c26-23-8-3-5-19(15-23)11-14-29-17-22(9-10-24(29)31)25(32)27-16-20-6-1-2-7-21(20)18-30-13-4-12-28-30/h1-8,12-13,15,22H,9-11,14,16-18H2,(H,27,32). The number of halogens is 1. The maximum absolute atomic E-state index is 13.4. The number of piperidine rings is 1. The van der Waals surface area contributed by atoms with E-state index in [0.29, 0.717) is 45.4 Å². The van der Waals surface area contributed by atoms with Gasteiger partial charge in [0.25, 0.3) is 0 Å². The van der Waals surface area contributed by atoms with Crippen LogP contribution in [0, 0.1) is 11.7 Å². The minimum atomic E-state index is -0.280.